The molecule has 2 N–H and O–H groups in total. The summed E-state index contributed by atoms with van der Waals surface area (Å²) in [5, 5.41) is 12.2. The van der Waals surface area contributed by atoms with Gasteiger partial charge in [0.05, 0.1) is 6.54 Å². The van der Waals surface area contributed by atoms with Crippen LogP contribution in [0.3, 0.4) is 0 Å². The topological polar surface area (TPSA) is 69.6 Å². The van der Waals surface area contributed by atoms with Gasteiger partial charge in [0.15, 0.2) is 0 Å². The molecule has 1 aliphatic heterocycles. The normalized spacial score (nSPS) is 24.7. The second-order valence-corrected chi connectivity index (χ2v) is 5.74. The van der Waals surface area contributed by atoms with Crippen molar-refractivity contribution in [1.82, 2.24) is 10.2 Å². The first kappa shape index (κ1) is 12.7. The van der Waals surface area contributed by atoms with Crippen molar-refractivity contribution >= 4 is 23.6 Å². The number of nitrogens with one attached hydrogen (secondary N) is 1. The van der Waals surface area contributed by atoms with E-state index < -0.39 is 12.0 Å². The van der Waals surface area contributed by atoms with Gasteiger partial charge in [0.25, 0.3) is 0 Å². The van der Waals surface area contributed by atoms with Crippen LogP contribution in [0.2, 0.25) is 0 Å². The van der Waals surface area contributed by atoms with Crippen molar-refractivity contribution in [2.24, 2.45) is 5.92 Å². The fraction of sp³-hybridized carbons (Fsp3) is 0.818. The lowest BCUT2D eigenvalue weighted by atomic mass is 10.2. The molecule has 6 heteroatoms. The van der Waals surface area contributed by atoms with Crippen LogP contribution in [0, 0.1) is 5.92 Å². The maximum atomic E-state index is 11.9. The number of hydrogen-bond donors (Lipinski definition) is 2. The minimum Gasteiger partial charge on any atom is -0.480 e. The second kappa shape index (κ2) is 5.73. The minimum atomic E-state index is -0.896. The van der Waals surface area contributed by atoms with Gasteiger partial charge in [0.1, 0.15) is 6.04 Å². The largest absolute Gasteiger partial charge is 0.480 e. The molecule has 1 saturated carbocycles. The van der Waals surface area contributed by atoms with E-state index in [2.05, 4.69) is 5.32 Å². The summed E-state index contributed by atoms with van der Waals surface area (Å²) in [5.74, 6) is 1.09. The molecule has 1 unspecified atom stereocenters. The first-order chi connectivity index (χ1) is 8.18. The van der Waals surface area contributed by atoms with E-state index in [-0.39, 0.29) is 12.5 Å². The van der Waals surface area contributed by atoms with Crippen LogP contribution < -0.4 is 5.32 Å². The third-order valence-corrected chi connectivity index (χ3v) is 4.16. The third-order valence-electron chi connectivity index (χ3n) is 3.14. The monoisotopic (exact) mass is 258 g/mol. The first-order valence-corrected chi connectivity index (χ1v) is 7.14. The lowest BCUT2D eigenvalue weighted by molar-refractivity contribution is -0.148. The van der Waals surface area contributed by atoms with Crippen LogP contribution in [0.5, 0.6) is 0 Å². The predicted octanol–water partition coefficient (Wildman–Crippen LogP) is 0.0146. The van der Waals surface area contributed by atoms with Gasteiger partial charge in [-0.15, -0.1) is 0 Å². The number of hydrogen-bond acceptors (Lipinski definition) is 4. The van der Waals surface area contributed by atoms with Crippen molar-refractivity contribution in [3.63, 3.8) is 0 Å². The fourth-order valence-corrected chi connectivity index (χ4v) is 2.95. The quantitative estimate of drug-likeness (QED) is 0.727. The number of aliphatic carboxylic acids is 1. The maximum Gasteiger partial charge on any atom is 0.327 e. The highest BCUT2D eigenvalue weighted by Crippen LogP contribution is 2.27. The van der Waals surface area contributed by atoms with Crippen LogP contribution in [0.1, 0.15) is 12.8 Å². The van der Waals surface area contributed by atoms with E-state index in [4.69, 9.17) is 5.11 Å². The average Bonchev–Trinajstić information content (AvgIpc) is 3.13. The van der Waals surface area contributed by atoms with Crippen molar-refractivity contribution in [2.75, 3.05) is 31.1 Å². The Morgan fingerprint density at radius 3 is 2.82 bits per heavy atom. The van der Waals surface area contributed by atoms with Gasteiger partial charge < -0.3 is 15.3 Å². The Labute approximate surface area is 105 Å². The van der Waals surface area contributed by atoms with Crippen molar-refractivity contribution in [3.8, 4) is 0 Å². The highest BCUT2D eigenvalue weighted by molar-refractivity contribution is 7.99. The summed E-state index contributed by atoms with van der Waals surface area (Å²) in [6.45, 7) is 1.70. The molecule has 2 aliphatic rings. The van der Waals surface area contributed by atoms with Crippen LogP contribution in [0.15, 0.2) is 0 Å². The minimum absolute atomic E-state index is 0.0849. The number of amides is 1. The van der Waals surface area contributed by atoms with Gasteiger partial charge in [0, 0.05) is 18.1 Å². The molecule has 1 saturated heterocycles. The van der Waals surface area contributed by atoms with E-state index in [1.54, 1.807) is 11.8 Å². The number of thioether (sulfide) groups is 1. The Hall–Kier alpha value is -0.750. The van der Waals surface area contributed by atoms with Crippen LogP contribution in [0.4, 0.5) is 0 Å². The molecule has 1 atom stereocenters. The molecule has 2 rings (SSSR count). The highest BCUT2D eigenvalue weighted by Gasteiger charge is 2.32. The van der Waals surface area contributed by atoms with Gasteiger partial charge in [-0.2, -0.15) is 11.8 Å². The number of rotatable bonds is 5. The van der Waals surface area contributed by atoms with Gasteiger partial charge in [-0.1, -0.05) is 0 Å². The van der Waals surface area contributed by atoms with E-state index >= 15 is 0 Å². The van der Waals surface area contributed by atoms with Crippen LogP contribution in [-0.2, 0) is 9.59 Å². The summed E-state index contributed by atoms with van der Waals surface area (Å²) in [6, 6.07) is -0.649. The molecule has 1 aliphatic carbocycles. The number of carboxylic acids is 1. The van der Waals surface area contributed by atoms with E-state index in [9.17, 15) is 9.59 Å². The summed E-state index contributed by atoms with van der Waals surface area (Å²) in [7, 11) is 0. The van der Waals surface area contributed by atoms with Gasteiger partial charge in [-0.25, -0.2) is 4.79 Å². The zero-order valence-electron chi connectivity index (χ0n) is 9.72. The summed E-state index contributed by atoms with van der Waals surface area (Å²) in [5.41, 5.74) is 0. The zero-order valence-corrected chi connectivity index (χ0v) is 10.5. The summed E-state index contributed by atoms with van der Waals surface area (Å²) < 4.78 is 0. The fourth-order valence-electron chi connectivity index (χ4n) is 1.91. The van der Waals surface area contributed by atoms with Gasteiger partial charge in [0.2, 0.25) is 5.91 Å². The Bertz CT molecular complexity index is 307. The predicted molar refractivity (Wildman–Crippen MR) is 66.1 cm³/mol. The summed E-state index contributed by atoms with van der Waals surface area (Å²) in [6.07, 6.45) is 2.50. The SMILES string of the molecule is O=C(O)C1CSCCN1C(=O)CNCC1CC1. The smallest absolute Gasteiger partial charge is 0.327 e. The number of carbonyl (C=O) groups is 2. The van der Waals surface area contributed by atoms with Gasteiger partial charge in [-0.05, 0) is 25.3 Å². The summed E-state index contributed by atoms with van der Waals surface area (Å²) in [4.78, 5) is 24.4. The van der Waals surface area contributed by atoms with E-state index in [0.717, 1.165) is 18.2 Å². The Morgan fingerprint density at radius 2 is 2.18 bits per heavy atom. The number of nitrogens with zero attached hydrogens (tertiary/aromatic N) is 1. The molecule has 0 aromatic rings. The standard InChI is InChI=1S/C11H18N2O3S/c14-10(6-12-5-8-1-2-8)13-3-4-17-7-9(13)11(15)16/h8-9,12H,1-7H2,(H,15,16). The van der Waals surface area contributed by atoms with Crippen LogP contribution in [-0.4, -0.2) is 59.1 Å². The number of carbonyl (C=O) groups excluding carboxylic acids is 1. The third kappa shape index (κ3) is 3.61. The molecule has 0 aromatic heterocycles. The molecule has 2 fully saturated rings. The molecule has 96 valence electrons. The zero-order chi connectivity index (χ0) is 12.3. The number of carboxylic acid groups (broad SMARTS) is 1. The molecule has 17 heavy (non-hydrogen) atoms. The van der Waals surface area contributed by atoms with Crippen molar-refractivity contribution in [3.05, 3.63) is 0 Å². The Morgan fingerprint density at radius 1 is 1.41 bits per heavy atom. The Kier molecular flexibility index (Phi) is 4.28. The van der Waals surface area contributed by atoms with Crippen LogP contribution in [0.25, 0.3) is 0 Å². The van der Waals surface area contributed by atoms with Crippen molar-refractivity contribution in [2.45, 2.75) is 18.9 Å². The molecular formula is C11H18N2O3S. The molecular weight excluding hydrogens is 240 g/mol. The molecule has 0 aromatic carbocycles. The highest BCUT2D eigenvalue weighted by atomic mass is 32.2. The van der Waals surface area contributed by atoms with E-state index in [0.29, 0.717) is 12.3 Å². The first-order valence-electron chi connectivity index (χ1n) is 5.99. The molecule has 0 bridgehead atoms. The lowest BCUT2D eigenvalue weighted by Crippen LogP contribution is -2.52. The molecule has 0 radical (unpaired) electrons. The average molecular weight is 258 g/mol. The Balaban J connectivity index is 1.79. The van der Waals surface area contributed by atoms with Gasteiger partial charge in [-0.3, -0.25) is 4.79 Å². The van der Waals surface area contributed by atoms with Crippen LogP contribution >= 0.6 is 11.8 Å². The second-order valence-electron chi connectivity index (χ2n) is 4.59. The molecule has 0 spiro atoms. The molecule has 5 nitrogen and oxygen atoms in total. The van der Waals surface area contributed by atoms with E-state index in [1.807, 2.05) is 0 Å². The van der Waals surface area contributed by atoms with Crippen molar-refractivity contribution in [1.29, 1.82) is 0 Å². The van der Waals surface area contributed by atoms with Crippen molar-refractivity contribution < 1.29 is 14.7 Å². The lowest BCUT2D eigenvalue weighted by Gasteiger charge is -2.32. The molecule has 1 heterocycles. The van der Waals surface area contributed by atoms with Gasteiger partial charge >= 0.3 is 5.97 Å². The van der Waals surface area contributed by atoms with E-state index in [1.165, 1.54) is 17.7 Å². The summed E-state index contributed by atoms with van der Waals surface area (Å²) >= 11 is 1.60. The maximum absolute atomic E-state index is 11.9. The molecule has 1 amide bonds.